The molecule has 0 aromatic heterocycles. The summed E-state index contributed by atoms with van der Waals surface area (Å²) in [5.41, 5.74) is 6.95. The molecule has 0 saturated carbocycles. The van der Waals surface area contributed by atoms with E-state index in [0.717, 1.165) is 11.3 Å². The standard InChI is InChI=1S/C11H17FN2O/c1-8(7-15)14(2)11-4-9(6-13)3-10(12)5-11/h3-5,8,15H,6-7,13H2,1-2H3. The van der Waals surface area contributed by atoms with Gasteiger partial charge >= 0.3 is 0 Å². The minimum Gasteiger partial charge on any atom is -0.394 e. The molecule has 0 fully saturated rings. The first-order valence-electron chi connectivity index (χ1n) is 4.91. The zero-order valence-electron chi connectivity index (χ0n) is 9.07. The van der Waals surface area contributed by atoms with Gasteiger partial charge in [-0.15, -0.1) is 0 Å². The summed E-state index contributed by atoms with van der Waals surface area (Å²) in [7, 11) is 1.82. The van der Waals surface area contributed by atoms with Crippen LogP contribution in [0.15, 0.2) is 18.2 Å². The fourth-order valence-corrected chi connectivity index (χ4v) is 1.33. The van der Waals surface area contributed by atoms with Crippen LogP contribution in [0.4, 0.5) is 10.1 Å². The second kappa shape index (κ2) is 5.09. The summed E-state index contributed by atoms with van der Waals surface area (Å²) in [5, 5.41) is 9.00. The van der Waals surface area contributed by atoms with Gasteiger partial charge in [-0.3, -0.25) is 0 Å². The molecule has 0 spiro atoms. The maximum atomic E-state index is 13.2. The van der Waals surface area contributed by atoms with Crippen LogP contribution >= 0.6 is 0 Å². The molecular formula is C11H17FN2O. The SMILES string of the molecule is CC(CO)N(C)c1cc(F)cc(CN)c1. The predicted molar refractivity (Wildman–Crippen MR) is 59.2 cm³/mol. The van der Waals surface area contributed by atoms with Crippen molar-refractivity contribution in [3.05, 3.63) is 29.6 Å². The molecule has 4 heteroatoms. The molecule has 1 aromatic carbocycles. The van der Waals surface area contributed by atoms with Gasteiger partial charge in [0.15, 0.2) is 0 Å². The van der Waals surface area contributed by atoms with Gasteiger partial charge in [-0.1, -0.05) is 0 Å². The van der Waals surface area contributed by atoms with Crippen LogP contribution in [0.25, 0.3) is 0 Å². The van der Waals surface area contributed by atoms with Crippen LogP contribution in [0.5, 0.6) is 0 Å². The van der Waals surface area contributed by atoms with E-state index in [4.69, 9.17) is 10.8 Å². The summed E-state index contributed by atoms with van der Waals surface area (Å²) < 4.78 is 13.2. The van der Waals surface area contributed by atoms with Crippen LogP contribution in [0.3, 0.4) is 0 Å². The van der Waals surface area contributed by atoms with E-state index in [1.807, 2.05) is 24.9 Å². The highest BCUT2D eigenvalue weighted by molar-refractivity contribution is 5.49. The van der Waals surface area contributed by atoms with E-state index in [0.29, 0.717) is 6.54 Å². The van der Waals surface area contributed by atoms with Gasteiger partial charge in [0, 0.05) is 25.3 Å². The van der Waals surface area contributed by atoms with Gasteiger partial charge in [0.25, 0.3) is 0 Å². The van der Waals surface area contributed by atoms with Crippen molar-refractivity contribution in [1.82, 2.24) is 0 Å². The maximum Gasteiger partial charge on any atom is 0.125 e. The smallest absolute Gasteiger partial charge is 0.125 e. The molecule has 0 saturated heterocycles. The minimum atomic E-state index is -0.301. The van der Waals surface area contributed by atoms with Gasteiger partial charge in [0.1, 0.15) is 5.82 Å². The first kappa shape index (κ1) is 11.9. The Morgan fingerprint density at radius 1 is 1.47 bits per heavy atom. The van der Waals surface area contributed by atoms with Gasteiger partial charge in [-0.05, 0) is 30.7 Å². The number of benzene rings is 1. The molecule has 3 N–H and O–H groups in total. The number of aliphatic hydroxyl groups is 1. The van der Waals surface area contributed by atoms with Gasteiger partial charge in [0.05, 0.1) is 6.61 Å². The Morgan fingerprint density at radius 2 is 2.13 bits per heavy atom. The summed E-state index contributed by atoms with van der Waals surface area (Å²) in [6.07, 6.45) is 0. The lowest BCUT2D eigenvalue weighted by molar-refractivity contribution is 0.270. The van der Waals surface area contributed by atoms with Crippen LogP contribution in [0.1, 0.15) is 12.5 Å². The third kappa shape index (κ3) is 2.91. The number of rotatable bonds is 4. The lowest BCUT2D eigenvalue weighted by Gasteiger charge is -2.25. The molecular weight excluding hydrogens is 195 g/mol. The third-order valence-electron chi connectivity index (χ3n) is 2.51. The van der Waals surface area contributed by atoms with Crippen molar-refractivity contribution < 1.29 is 9.50 Å². The van der Waals surface area contributed by atoms with Crippen molar-refractivity contribution in [2.75, 3.05) is 18.6 Å². The van der Waals surface area contributed by atoms with Crippen LogP contribution in [0.2, 0.25) is 0 Å². The van der Waals surface area contributed by atoms with Crippen LogP contribution < -0.4 is 10.6 Å². The summed E-state index contributed by atoms with van der Waals surface area (Å²) >= 11 is 0. The van der Waals surface area contributed by atoms with E-state index >= 15 is 0 Å². The van der Waals surface area contributed by atoms with E-state index in [-0.39, 0.29) is 18.5 Å². The Morgan fingerprint density at radius 3 is 2.67 bits per heavy atom. The Hall–Kier alpha value is -1.13. The number of halogens is 1. The molecule has 0 amide bonds. The van der Waals surface area contributed by atoms with Crippen molar-refractivity contribution in [2.45, 2.75) is 19.5 Å². The van der Waals surface area contributed by atoms with Gasteiger partial charge < -0.3 is 15.7 Å². The Labute approximate surface area is 89.3 Å². The van der Waals surface area contributed by atoms with E-state index < -0.39 is 0 Å². The highest BCUT2D eigenvalue weighted by Crippen LogP contribution is 2.19. The average molecular weight is 212 g/mol. The molecule has 84 valence electrons. The van der Waals surface area contributed by atoms with E-state index in [9.17, 15) is 4.39 Å². The highest BCUT2D eigenvalue weighted by atomic mass is 19.1. The zero-order valence-corrected chi connectivity index (χ0v) is 9.07. The first-order valence-corrected chi connectivity index (χ1v) is 4.91. The molecule has 1 atom stereocenters. The lowest BCUT2D eigenvalue weighted by Crippen LogP contribution is -2.31. The molecule has 1 rings (SSSR count). The molecule has 0 aliphatic heterocycles. The fourth-order valence-electron chi connectivity index (χ4n) is 1.33. The molecule has 0 aliphatic rings. The molecule has 0 heterocycles. The third-order valence-corrected chi connectivity index (χ3v) is 2.51. The van der Waals surface area contributed by atoms with Crippen molar-refractivity contribution >= 4 is 5.69 Å². The average Bonchev–Trinajstić information content (AvgIpc) is 2.26. The van der Waals surface area contributed by atoms with Crippen LogP contribution in [-0.4, -0.2) is 24.8 Å². The maximum absolute atomic E-state index is 13.2. The van der Waals surface area contributed by atoms with Crippen molar-refractivity contribution in [3.63, 3.8) is 0 Å². The molecule has 3 nitrogen and oxygen atoms in total. The van der Waals surface area contributed by atoms with E-state index in [1.165, 1.54) is 12.1 Å². The van der Waals surface area contributed by atoms with Crippen LogP contribution in [-0.2, 0) is 6.54 Å². The van der Waals surface area contributed by atoms with Gasteiger partial charge in [0.2, 0.25) is 0 Å². The quantitative estimate of drug-likeness (QED) is 0.785. The molecule has 15 heavy (non-hydrogen) atoms. The largest absolute Gasteiger partial charge is 0.394 e. The molecule has 0 bridgehead atoms. The van der Waals surface area contributed by atoms with Crippen molar-refractivity contribution in [3.8, 4) is 0 Å². The number of anilines is 1. The van der Waals surface area contributed by atoms with Gasteiger partial charge in [-0.2, -0.15) is 0 Å². The lowest BCUT2D eigenvalue weighted by atomic mass is 10.1. The molecule has 1 aromatic rings. The molecule has 0 aliphatic carbocycles. The van der Waals surface area contributed by atoms with E-state index in [2.05, 4.69) is 0 Å². The normalized spacial score (nSPS) is 12.6. The van der Waals surface area contributed by atoms with E-state index in [1.54, 1.807) is 0 Å². The monoisotopic (exact) mass is 212 g/mol. The number of likely N-dealkylation sites (N-methyl/N-ethyl adjacent to an activating group) is 1. The second-order valence-electron chi connectivity index (χ2n) is 3.66. The number of hydrogen-bond donors (Lipinski definition) is 2. The van der Waals surface area contributed by atoms with Crippen LogP contribution in [0, 0.1) is 5.82 Å². The summed E-state index contributed by atoms with van der Waals surface area (Å²) in [6.45, 7) is 2.21. The predicted octanol–water partition coefficient (Wildman–Crippen LogP) is 1.10. The fraction of sp³-hybridized carbons (Fsp3) is 0.455. The topological polar surface area (TPSA) is 49.5 Å². The minimum absolute atomic E-state index is 0.0327. The first-order chi connectivity index (χ1) is 7.08. The Balaban J connectivity index is 2.97. The van der Waals surface area contributed by atoms with Crippen molar-refractivity contribution in [2.24, 2.45) is 5.73 Å². The van der Waals surface area contributed by atoms with Gasteiger partial charge in [-0.25, -0.2) is 4.39 Å². The summed E-state index contributed by atoms with van der Waals surface area (Å²) in [5.74, 6) is -0.301. The van der Waals surface area contributed by atoms with Crippen molar-refractivity contribution in [1.29, 1.82) is 0 Å². The Kier molecular flexibility index (Phi) is 4.05. The summed E-state index contributed by atoms with van der Waals surface area (Å²) in [6, 6.07) is 4.64. The molecule has 0 radical (unpaired) electrons. The zero-order chi connectivity index (χ0) is 11.4. The number of aliphatic hydroxyl groups excluding tert-OH is 1. The Bertz CT molecular complexity index is 330. The number of hydrogen-bond acceptors (Lipinski definition) is 3. The highest BCUT2D eigenvalue weighted by Gasteiger charge is 2.10. The molecule has 1 unspecified atom stereocenters. The second-order valence-corrected chi connectivity index (χ2v) is 3.66. The number of nitrogens with two attached hydrogens (primary N) is 1. The summed E-state index contributed by atoms with van der Waals surface area (Å²) in [4.78, 5) is 1.82. The number of nitrogens with zero attached hydrogens (tertiary/aromatic N) is 1.